The quantitative estimate of drug-likeness (QED) is 0.708. The molecule has 0 N–H and O–H groups in total. The first-order valence-corrected chi connectivity index (χ1v) is 9.24. The summed E-state index contributed by atoms with van der Waals surface area (Å²) in [6.07, 6.45) is 5.04. The van der Waals surface area contributed by atoms with Gasteiger partial charge in [0.2, 0.25) is 0 Å². The third-order valence-corrected chi connectivity index (χ3v) is 7.08. The minimum atomic E-state index is -1.04. The molecule has 0 aliphatic heterocycles. The van der Waals surface area contributed by atoms with Gasteiger partial charge in [-0.3, -0.25) is 0 Å². The molecule has 128 valence electrons. The van der Waals surface area contributed by atoms with E-state index in [-0.39, 0.29) is 11.8 Å². The molecule has 1 saturated carbocycles. The van der Waals surface area contributed by atoms with E-state index in [9.17, 15) is 15.8 Å². The third-order valence-electron chi connectivity index (χ3n) is 7.08. The van der Waals surface area contributed by atoms with E-state index in [1.165, 1.54) is 5.56 Å². The van der Waals surface area contributed by atoms with Gasteiger partial charge in [-0.25, -0.2) is 0 Å². The fraction of sp³-hybridized carbons (Fsp3) is 0.292. The van der Waals surface area contributed by atoms with Crippen LogP contribution < -0.4 is 0 Å². The molecule has 0 saturated heterocycles. The Balaban J connectivity index is 1.83. The molecule has 0 heterocycles. The normalized spacial score (nSPS) is 34.0. The van der Waals surface area contributed by atoms with Crippen molar-refractivity contribution >= 4 is 0 Å². The molecule has 3 aliphatic carbocycles. The average molecular weight is 347 g/mol. The molecule has 27 heavy (non-hydrogen) atoms. The van der Waals surface area contributed by atoms with Crippen LogP contribution in [0.2, 0.25) is 0 Å². The Morgan fingerprint density at radius 2 is 1.52 bits per heavy atom. The van der Waals surface area contributed by atoms with E-state index >= 15 is 0 Å². The van der Waals surface area contributed by atoms with Crippen LogP contribution >= 0.6 is 0 Å². The zero-order valence-electron chi connectivity index (χ0n) is 14.8. The van der Waals surface area contributed by atoms with Gasteiger partial charge >= 0.3 is 0 Å². The molecular formula is C24H17N3. The summed E-state index contributed by atoms with van der Waals surface area (Å²) < 4.78 is 0. The standard InChI is InChI=1S/C24H17N3/c25-14-22(15-26)12-20-21(17-6-2-1-3-7-17)18-8-4-5-9-19(18)24(16-27)11-10-23(20,24)13-22/h1-11,20-21H,12-13H2/t20-,21-,23+,24-/m1/s1. The van der Waals surface area contributed by atoms with Crippen molar-refractivity contribution in [3.63, 3.8) is 0 Å². The highest BCUT2D eigenvalue weighted by atomic mass is 14.7. The molecule has 1 spiro atoms. The number of hydrogen-bond donors (Lipinski definition) is 0. The first-order chi connectivity index (χ1) is 13.2. The summed E-state index contributed by atoms with van der Waals surface area (Å²) in [5.41, 5.74) is 1.14. The molecule has 3 nitrogen and oxygen atoms in total. The van der Waals surface area contributed by atoms with Gasteiger partial charge in [0.15, 0.2) is 0 Å². The van der Waals surface area contributed by atoms with Gasteiger partial charge in [0.1, 0.15) is 10.8 Å². The number of nitrogens with zero attached hydrogens (tertiary/aromatic N) is 3. The van der Waals surface area contributed by atoms with Crippen molar-refractivity contribution in [2.24, 2.45) is 16.7 Å². The molecule has 0 radical (unpaired) electrons. The highest BCUT2D eigenvalue weighted by Crippen LogP contribution is 2.73. The Morgan fingerprint density at radius 3 is 2.15 bits per heavy atom. The van der Waals surface area contributed by atoms with Gasteiger partial charge < -0.3 is 0 Å². The van der Waals surface area contributed by atoms with E-state index in [1.807, 2.05) is 36.4 Å². The van der Waals surface area contributed by atoms with Crippen molar-refractivity contribution in [1.29, 1.82) is 15.8 Å². The molecular weight excluding hydrogens is 330 g/mol. The zero-order chi connectivity index (χ0) is 18.7. The van der Waals surface area contributed by atoms with Gasteiger partial charge in [-0.1, -0.05) is 66.7 Å². The minimum Gasteiger partial charge on any atom is -0.197 e. The highest BCUT2D eigenvalue weighted by molar-refractivity contribution is 5.62. The molecule has 3 aliphatic rings. The Morgan fingerprint density at radius 1 is 0.815 bits per heavy atom. The lowest BCUT2D eigenvalue weighted by molar-refractivity contribution is 0.131. The Hall–Kier alpha value is -3.35. The van der Waals surface area contributed by atoms with E-state index < -0.39 is 16.2 Å². The molecule has 5 rings (SSSR count). The first-order valence-electron chi connectivity index (χ1n) is 9.24. The second kappa shape index (κ2) is 5.09. The van der Waals surface area contributed by atoms with Crippen molar-refractivity contribution < 1.29 is 0 Å². The molecule has 3 heteroatoms. The largest absolute Gasteiger partial charge is 0.197 e. The molecule has 0 aromatic heterocycles. The summed E-state index contributed by atoms with van der Waals surface area (Å²) >= 11 is 0. The Bertz CT molecular complexity index is 1080. The zero-order valence-corrected chi connectivity index (χ0v) is 14.8. The van der Waals surface area contributed by atoms with Crippen molar-refractivity contribution in [3.8, 4) is 18.2 Å². The van der Waals surface area contributed by atoms with Crippen LogP contribution in [0.3, 0.4) is 0 Å². The smallest absolute Gasteiger partial charge is 0.145 e. The van der Waals surface area contributed by atoms with Crippen LogP contribution in [-0.4, -0.2) is 0 Å². The summed E-state index contributed by atoms with van der Waals surface area (Å²) in [7, 11) is 0. The SMILES string of the molecule is N#CC1(C#N)C[C@@H]2[C@H](c3ccccc3)c3ccccc3[C@]3(C#N)C=C[C@]23C1. The van der Waals surface area contributed by atoms with Crippen LogP contribution in [0.25, 0.3) is 0 Å². The maximum atomic E-state index is 10.3. The second-order valence-corrected chi connectivity index (χ2v) is 8.06. The molecule has 0 amide bonds. The molecule has 1 fully saturated rings. The fourth-order valence-electron chi connectivity index (χ4n) is 5.91. The van der Waals surface area contributed by atoms with Gasteiger partial charge in [0.25, 0.3) is 0 Å². The number of hydrogen-bond acceptors (Lipinski definition) is 3. The van der Waals surface area contributed by atoms with Gasteiger partial charge in [-0.15, -0.1) is 0 Å². The monoisotopic (exact) mass is 347 g/mol. The maximum Gasteiger partial charge on any atom is 0.145 e. The molecule has 4 atom stereocenters. The third kappa shape index (κ3) is 1.69. The highest BCUT2D eigenvalue weighted by Gasteiger charge is 2.71. The number of allylic oxidation sites excluding steroid dienone is 2. The molecule has 0 unspecified atom stereocenters. The van der Waals surface area contributed by atoms with Gasteiger partial charge in [0, 0.05) is 11.3 Å². The predicted molar refractivity (Wildman–Crippen MR) is 100.0 cm³/mol. The van der Waals surface area contributed by atoms with Crippen LogP contribution in [0.1, 0.15) is 35.4 Å². The van der Waals surface area contributed by atoms with Crippen molar-refractivity contribution in [2.75, 3.05) is 0 Å². The first kappa shape index (κ1) is 15.9. The van der Waals surface area contributed by atoms with Crippen molar-refractivity contribution in [1.82, 2.24) is 0 Å². The van der Waals surface area contributed by atoms with Crippen LogP contribution in [0.5, 0.6) is 0 Å². The summed E-state index contributed by atoms with van der Waals surface area (Å²) in [6.45, 7) is 0. The van der Waals surface area contributed by atoms with E-state index in [4.69, 9.17) is 0 Å². The van der Waals surface area contributed by atoms with Crippen LogP contribution in [-0.2, 0) is 5.41 Å². The number of rotatable bonds is 1. The second-order valence-electron chi connectivity index (χ2n) is 8.06. The van der Waals surface area contributed by atoms with Crippen LogP contribution in [0, 0.1) is 50.7 Å². The molecule has 2 aromatic rings. The predicted octanol–water partition coefficient (Wildman–Crippen LogP) is 4.59. The van der Waals surface area contributed by atoms with E-state index in [1.54, 1.807) is 0 Å². The Kier molecular flexibility index (Phi) is 2.99. The summed E-state index contributed by atoms with van der Waals surface area (Å²) in [5.74, 6) is 0.135. The number of fused-ring (bicyclic) bond motifs is 2. The lowest BCUT2D eigenvalue weighted by Crippen LogP contribution is -2.56. The number of benzene rings is 2. The number of nitriles is 3. The lowest BCUT2D eigenvalue weighted by Gasteiger charge is -2.57. The summed E-state index contributed by atoms with van der Waals surface area (Å²) in [5, 5.41) is 29.9. The molecule has 2 aromatic carbocycles. The van der Waals surface area contributed by atoms with Gasteiger partial charge in [-0.2, -0.15) is 15.8 Å². The average Bonchev–Trinajstić information content (AvgIpc) is 3.08. The van der Waals surface area contributed by atoms with E-state index in [0.29, 0.717) is 12.8 Å². The van der Waals surface area contributed by atoms with Crippen LogP contribution in [0.4, 0.5) is 0 Å². The van der Waals surface area contributed by atoms with E-state index in [2.05, 4.69) is 48.5 Å². The maximum absolute atomic E-state index is 10.3. The topological polar surface area (TPSA) is 71.4 Å². The molecule has 0 bridgehead atoms. The van der Waals surface area contributed by atoms with Crippen molar-refractivity contribution in [2.45, 2.75) is 24.2 Å². The Labute approximate surface area is 158 Å². The minimum absolute atomic E-state index is 0.0544. The van der Waals surface area contributed by atoms with Gasteiger partial charge in [-0.05, 0) is 35.4 Å². The fourth-order valence-corrected chi connectivity index (χ4v) is 5.91. The van der Waals surface area contributed by atoms with Crippen LogP contribution in [0.15, 0.2) is 66.7 Å². The summed E-state index contributed by atoms with van der Waals surface area (Å²) in [4.78, 5) is 0. The van der Waals surface area contributed by atoms with E-state index in [0.717, 1.165) is 11.1 Å². The summed E-state index contributed by atoms with van der Waals surface area (Å²) in [6, 6.07) is 25.7. The van der Waals surface area contributed by atoms with Gasteiger partial charge in [0.05, 0.1) is 18.2 Å². The lowest BCUT2D eigenvalue weighted by atomic mass is 9.43. The van der Waals surface area contributed by atoms with Crippen molar-refractivity contribution in [3.05, 3.63) is 83.4 Å².